The third-order valence-electron chi connectivity index (χ3n) is 8.22. The van der Waals surface area contributed by atoms with Gasteiger partial charge in [0.05, 0.1) is 6.10 Å². The minimum atomic E-state index is -1.04. The van der Waals surface area contributed by atoms with Crippen LogP contribution in [0.3, 0.4) is 0 Å². The Kier molecular flexibility index (Phi) is 13.3. The molecule has 0 bridgehead atoms. The van der Waals surface area contributed by atoms with Crippen molar-refractivity contribution < 1.29 is 24.2 Å². The fourth-order valence-electron chi connectivity index (χ4n) is 5.85. The highest BCUT2D eigenvalue weighted by Gasteiger charge is 2.33. The number of rotatable bonds is 18. The first-order valence-electron chi connectivity index (χ1n) is 16.5. The second-order valence-corrected chi connectivity index (χ2v) is 11.9. The summed E-state index contributed by atoms with van der Waals surface area (Å²) in [5, 5.41) is 15.2. The number of nitrogens with one attached hydrogen (secondary N) is 1. The molecule has 0 aromatic heterocycles. The molecule has 6 N–H and O–H groups in total. The van der Waals surface area contributed by atoms with Crippen LogP contribution in [0.25, 0.3) is 0 Å². The molecule has 4 aromatic rings. The first kappa shape index (κ1) is 35.9. The monoisotopic (exact) mass is 650 g/mol. The Bertz CT molecular complexity index is 1640. The molecule has 2 atom stereocenters. The van der Waals surface area contributed by atoms with Crippen LogP contribution in [0.15, 0.2) is 97.1 Å². The van der Waals surface area contributed by atoms with Crippen molar-refractivity contribution in [3.63, 3.8) is 0 Å². The number of hydrogen-bond donors (Lipinski definition) is 4. The molecule has 4 aromatic carbocycles. The van der Waals surface area contributed by atoms with Crippen LogP contribution in [0.5, 0.6) is 5.75 Å². The predicted octanol–water partition coefficient (Wildman–Crippen LogP) is 5.20. The van der Waals surface area contributed by atoms with Crippen molar-refractivity contribution in [2.24, 2.45) is 11.5 Å². The maximum atomic E-state index is 14.2. The Morgan fingerprint density at radius 3 is 1.92 bits per heavy atom. The third-order valence-corrected chi connectivity index (χ3v) is 8.22. The van der Waals surface area contributed by atoms with Gasteiger partial charge < -0.3 is 31.5 Å². The molecule has 0 aliphatic rings. The van der Waals surface area contributed by atoms with E-state index in [0.717, 1.165) is 16.7 Å². The fourth-order valence-corrected chi connectivity index (χ4v) is 5.85. The van der Waals surface area contributed by atoms with Crippen molar-refractivity contribution in [3.05, 3.63) is 136 Å². The Balaban J connectivity index is 1.74. The van der Waals surface area contributed by atoms with E-state index in [9.17, 15) is 19.5 Å². The maximum Gasteiger partial charge on any atom is 0.254 e. The van der Waals surface area contributed by atoms with E-state index in [-0.39, 0.29) is 35.6 Å². The zero-order valence-corrected chi connectivity index (χ0v) is 27.7. The molecule has 0 radical (unpaired) electrons. The van der Waals surface area contributed by atoms with Crippen LogP contribution in [-0.4, -0.2) is 53.5 Å². The number of benzene rings is 4. The summed E-state index contributed by atoms with van der Waals surface area (Å²) >= 11 is 0. The van der Waals surface area contributed by atoms with Gasteiger partial charge in [0.25, 0.3) is 5.91 Å². The normalized spacial score (nSPS) is 12.2. The molecule has 0 spiro atoms. The van der Waals surface area contributed by atoms with E-state index in [1.807, 2.05) is 98.8 Å². The van der Waals surface area contributed by atoms with Gasteiger partial charge in [-0.15, -0.1) is 0 Å². The average molecular weight is 651 g/mol. The van der Waals surface area contributed by atoms with Gasteiger partial charge in [-0.1, -0.05) is 86.6 Å². The van der Waals surface area contributed by atoms with Gasteiger partial charge in [-0.2, -0.15) is 0 Å². The standard InChI is InChI=1S/C39H46N4O5/c1-3-19-43(20-4-2)39(47)34-23-30(37(40)45)22-33(38(41)46)36(34)32(35(44)25-42-24-28-11-7-5-8-12-28)21-27-15-17-31(18-16-27)48-26-29-13-9-6-10-14-29/h5-18,22-23,32,35,42,44H,3-4,19-21,24-26H2,1-2H3,(H2,40,45)(H2,41,46)/t32-,35+/m1/s1. The molecule has 0 aliphatic carbocycles. The number of aliphatic hydroxyl groups is 1. The first-order chi connectivity index (χ1) is 23.2. The van der Waals surface area contributed by atoms with Gasteiger partial charge >= 0.3 is 0 Å². The number of aliphatic hydroxyl groups excluding tert-OH is 1. The minimum Gasteiger partial charge on any atom is -0.489 e. The van der Waals surface area contributed by atoms with Crippen molar-refractivity contribution in [2.75, 3.05) is 19.6 Å². The van der Waals surface area contributed by atoms with Crippen molar-refractivity contribution in [1.82, 2.24) is 10.2 Å². The molecular weight excluding hydrogens is 604 g/mol. The Labute approximate surface area is 282 Å². The van der Waals surface area contributed by atoms with Gasteiger partial charge in [-0.05, 0) is 65.8 Å². The number of primary amides is 2. The average Bonchev–Trinajstić information content (AvgIpc) is 3.10. The molecule has 0 unspecified atom stereocenters. The highest BCUT2D eigenvalue weighted by molar-refractivity contribution is 6.06. The van der Waals surface area contributed by atoms with Gasteiger partial charge in [0.1, 0.15) is 12.4 Å². The van der Waals surface area contributed by atoms with E-state index in [4.69, 9.17) is 16.2 Å². The van der Waals surface area contributed by atoms with E-state index in [1.165, 1.54) is 12.1 Å². The summed E-state index contributed by atoms with van der Waals surface area (Å²) in [4.78, 5) is 41.4. The van der Waals surface area contributed by atoms with Gasteiger partial charge in [0, 0.05) is 48.8 Å². The van der Waals surface area contributed by atoms with Crippen molar-refractivity contribution >= 4 is 17.7 Å². The van der Waals surface area contributed by atoms with Crippen LogP contribution in [0.4, 0.5) is 0 Å². The number of carbonyl (C=O) groups excluding carboxylic acids is 3. The molecule has 252 valence electrons. The smallest absolute Gasteiger partial charge is 0.254 e. The molecule has 0 aliphatic heterocycles. The Morgan fingerprint density at radius 1 is 0.771 bits per heavy atom. The zero-order chi connectivity index (χ0) is 34.5. The second-order valence-electron chi connectivity index (χ2n) is 11.9. The summed E-state index contributed by atoms with van der Waals surface area (Å²) in [6.45, 7) is 6.00. The minimum absolute atomic E-state index is 0.000734. The predicted molar refractivity (Wildman–Crippen MR) is 188 cm³/mol. The Hall–Kier alpha value is -4.99. The lowest BCUT2D eigenvalue weighted by molar-refractivity contribution is 0.0751. The highest BCUT2D eigenvalue weighted by Crippen LogP contribution is 2.33. The molecule has 48 heavy (non-hydrogen) atoms. The molecule has 3 amide bonds. The summed E-state index contributed by atoms with van der Waals surface area (Å²) in [5.74, 6) is -2.03. The van der Waals surface area contributed by atoms with Crippen LogP contribution < -0.4 is 21.5 Å². The number of carbonyl (C=O) groups is 3. The van der Waals surface area contributed by atoms with E-state index in [2.05, 4.69) is 5.32 Å². The summed E-state index contributed by atoms with van der Waals surface area (Å²) < 4.78 is 5.97. The van der Waals surface area contributed by atoms with E-state index in [0.29, 0.717) is 50.4 Å². The number of nitrogens with two attached hydrogens (primary N) is 2. The van der Waals surface area contributed by atoms with Crippen molar-refractivity contribution in [3.8, 4) is 5.75 Å². The summed E-state index contributed by atoms with van der Waals surface area (Å²) in [6, 6.07) is 29.9. The Morgan fingerprint density at radius 2 is 1.35 bits per heavy atom. The summed E-state index contributed by atoms with van der Waals surface area (Å²) in [7, 11) is 0. The molecule has 0 fully saturated rings. The lowest BCUT2D eigenvalue weighted by Crippen LogP contribution is -2.38. The second kappa shape index (κ2) is 17.8. The van der Waals surface area contributed by atoms with Gasteiger partial charge in [0.2, 0.25) is 11.8 Å². The van der Waals surface area contributed by atoms with Crippen LogP contribution in [-0.2, 0) is 19.6 Å². The quantitative estimate of drug-likeness (QED) is 0.116. The first-order valence-corrected chi connectivity index (χ1v) is 16.5. The van der Waals surface area contributed by atoms with Crippen LogP contribution in [0.1, 0.15) is 85.9 Å². The lowest BCUT2D eigenvalue weighted by atomic mass is 9.80. The SMILES string of the molecule is CCCN(CCC)C(=O)c1cc(C(N)=O)cc(C(N)=O)c1[C@H](Cc1ccc(OCc2ccccc2)cc1)[C@@H](O)CNCc1ccccc1. The van der Waals surface area contributed by atoms with Gasteiger partial charge in [0.15, 0.2) is 0 Å². The molecule has 4 rings (SSSR count). The van der Waals surface area contributed by atoms with Crippen molar-refractivity contribution in [1.29, 1.82) is 0 Å². The molecule has 9 heteroatoms. The molecule has 0 saturated heterocycles. The number of amides is 3. The zero-order valence-electron chi connectivity index (χ0n) is 27.7. The van der Waals surface area contributed by atoms with E-state index in [1.54, 1.807) is 4.90 Å². The number of hydrogen-bond acceptors (Lipinski definition) is 6. The largest absolute Gasteiger partial charge is 0.489 e. The van der Waals surface area contributed by atoms with E-state index < -0.39 is 23.8 Å². The maximum absolute atomic E-state index is 14.2. The van der Waals surface area contributed by atoms with Gasteiger partial charge in [-0.25, -0.2) is 0 Å². The van der Waals surface area contributed by atoms with Crippen LogP contribution in [0.2, 0.25) is 0 Å². The highest BCUT2D eigenvalue weighted by atomic mass is 16.5. The molecule has 0 heterocycles. The lowest BCUT2D eigenvalue weighted by Gasteiger charge is -2.30. The summed E-state index contributed by atoms with van der Waals surface area (Å²) in [6.07, 6.45) is 0.657. The molecular formula is C39H46N4O5. The van der Waals surface area contributed by atoms with E-state index >= 15 is 0 Å². The van der Waals surface area contributed by atoms with Crippen LogP contribution >= 0.6 is 0 Å². The third kappa shape index (κ3) is 9.76. The number of ether oxygens (including phenoxy) is 1. The summed E-state index contributed by atoms with van der Waals surface area (Å²) in [5.41, 5.74) is 14.9. The topological polar surface area (TPSA) is 148 Å². The molecule has 9 nitrogen and oxygen atoms in total. The van der Waals surface area contributed by atoms with Gasteiger partial charge in [-0.3, -0.25) is 14.4 Å². The van der Waals surface area contributed by atoms with Crippen molar-refractivity contribution in [2.45, 2.75) is 58.3 Å². The number of nitrogens with zero attached hydrogens (tertiary/aromatic N) is 1. The molecule has 0 saturated carbocycles. The van der Waals surface area contributed by atoms with Crippen LogP contribution in [0, 0.1) is 0 Å². The fraction of sp³-hybridized carbons (Fsp3) is 0.308.